The van der Waals surface area contributed by atoms with Crippen molar-refractivity contribution in [2.75, 3.05) is 11.5 Å². The van der Waals surface area contributed by atoms with Crippen molar-refractivity contribution in [2.45, 2.75) is 11.8 Å². The molecule has 0 spiro atoms. The first kappa shape index (κ1) is 14.2. The first-order valence-corrected chi connectivity index (χ1v) is 8.41. The Morgan fingerprint density at radius 3 is 2.62 bits per heavy atom. The molecule has 2 aromatic carbocycles. The lowest BCUT2D eigenvalue weighted by Crippen LogP contribution is -2.13. The summed E-state index contributed by atoms with van der Waals surface area (Å²) < 4.78 is 38.5. The number of benzene rings is 2. The van der Waals surface area contributed by atoms with Gasteiger partial charge in [0.15, 0.2) is 11.5 Å². The fourth-order valence-electron chi connectivity index (χ4n) is 2.05. The molecule has 0 saturated heterocycles. The van der Waals surface area contributed by atoms with Crippen LogP contribution >= 0.6 is 15.9 Å². The number of ether oxygens (including phenoxy) is 2. The van der Waals surface area contributed by atoms with Gasteiger partial charge in [-0.3, -0.25) is 4.72 Å². The van der Waals surface area contributed by atoms with Gasteiger partial charge in [-0.2, -0.15) is 0 Å². The Labute approximate surface area is 131 Å². The van der Waals surface area contributed by atoms with Crippen molar-refractivity contribution in [2.24, 2.45) is 0 Å². The first-order valence-electron chi connectivity index (χ1n) is 6.14. The summed E-state index contributed by atoms with van der Waals surface area (Å²) in [6, 6.07) is 9.89. The predicted octanol–water partition coefficient (Wildman–Crippen LogP) is 3.29. The minimum absolute atomic E-state index is 0.108. The summed E-state index contributed by atoms with van der Waals surface area (Å²) in [5, 5.41) is 0. The van der Waals surface area contributed by atoms with Crippen LogP contribution < -0.4 is 14.2 Å². The van der Waals surface area contributed by atoms with Gasteiger partial charge in [-0.05, 0) is 42.8 Å². The molecule has 0 fully saturated rings. The fraction of sp³-hybridized carbons (Fsp3) is 0.143. The van der Waals surface area contributed by atoms with E-state index in [2.05, 4.69) is 20.7 Å². The van der Waals surface area contributed by atoms with Crippen LogP contribution in [0.25, 0.3) is 0 Å². The summed E-state index contributed by atoms with van der Waals surface area (Å²) in [5.41, 5.74) is 1.45. The Kier molecular flexibility index (Phi) is 3.54. The minimum Gasteiger partial charge on any atom is -0.454 e. The minimum atomic E-state index is -3.67. The summed E-state index contributed by atoms with van der Waals surface area (Å²) >= 11 is 3.35. The first-order chi connectivity index (χ1) is 9.94. The Morgan fingerprint density at radius 2 is 1.86 bits per heavy atom. The third-order valence-corrected chi connectivity index (χ3v) is 4.79. The number of fused-ring (bicyclic) bond motifs is 1. The molecule has 0 bridgehead atoms. The molecule has 0 radical (unpaired) electrons. The maximum atomic E-state index is 12.4. The lowest BCUT2D eigenvalue weighted by atomic mass is 10.2. The summed E-state index contributed by atoms with van der Waals surface area (Å²) in [6.45, 7) is 2.00. The van der Waals surface area contributed by atoms with Crippen molar-refractivity contribution in [3.63, 3.8) is 0 Å². The van der Waals surface area contributed by atoms with E-state index in [1.807, 2.05) is 13.0 Å². The molecule has 0 unspecified atom stereocenters. The van der Waals surface area contributed by atoms with Crippen LogP contribution in [-0.4, -0.2) is 15.2 Å². The van der Waals surface area contributed by atoms with Crippen LogP contribution in [-0.2, 0) is 10.0 Å². The zero-order chi connectivity index (χ0) is 15.0. The number of rotatable bonds is 3. The second kappa shape index (κ2) is 5.23. The zero-order valence-electron chi connectivity index (χ0n) is 11.1. The van der Waals surface area contributed by atoms with Crippen LogP contribution in [0.1, 0.15) is 5.56 Å². The van der Waals surface area contributed by atoms with E-state index in [0.29, 0.717) is 17.2 Å². The summed E-state index contributed by atoms with van der Waals surface area (Å²) in [4.78, 5) is 0.129. The average Bonchev–Trinajstić information content (AvgIpc) is 2.83. The molecule has 1 heterocycles. The van der Waals surface area contributed by atoms with Crippen molar-refractivity contribution in [3.8, 4) is 11.5 Å². The highest BCUT2D eigenvalue weighted by atomic mass is 79.9. The molecule has 0 aliphatic carbocycles. The standard InChI is InChI=1S/C14H12BrNO4S/c1-9-4-10(15)6-11(5-9)16-21(17,18)12-2-3-13-14(7-12)20-8-19-13/h2-7,16H,8H2,1H3. The lowest BCUT2D eigenvalue weighted by Gasteiger charge is -2.10. The van der Waals surface area contributed by atoms with Crippen LogP contribution in [0.5, 0.6) is 11.5 Å². The molecule has 1 aliphatic heterocycles. The normalized spacial score (nSPS) is 13.2. The van der Waals surface area contributed by atoms with Crippen LogP contribution in [0, 0.1) is 6.92 Å². The zero-order valence-corrected chi connectivity index (χ0v) is 13.5. The van der Waals surface area contributed by atoms with Gasteiger partial charge in [0.2, 0.25) is 6.79 Å². The third-order valence-electron chi connectivity index (χ3n) is 2.95. The van der Waals surface area contributed by atoms with Crippen molar-refractivity contribution >= 4 is 31.6 Å². The molecule has 7 heteroatoms. The molecular formula is C14H12BrNO4S. The summed E-state index contributed by atoms with van der Waals surface area (Å²) in [6.07, 6.45) is 0. The van der Waals surface area contributed by atoms with E-state index in [-0.39, 0.29) is 11.7 Å². The van der Waals surface area contributed by atoms with Crippen LogP contribution in [0.15, 0.2) is 45.8 Å². The maximum absolute atomic E-state index is 12.4. The van der Waals surface area contributed by atoms with Gasteiger partial charge in [0.05, 0.1) is 10.6 Å². The maximum Gasteiger partial charge on any atom is 0.262 e. The monoisotopic (exact) mass is 369 g/mol. The van der Waals surface area contributed by atoms with E-state index in [9.17, 15) is 8.42 Å². The highest BCUT2D eigenvalue weighted by molar-refractivity contribution is 9.10. The average molecular weight is 370 g/mol. The molecule has 0 atom stereocenters. The number of anilines is 1. The number of halogens is 1. The molecule has 1 aliphatic rings. The second-order valence-corrected chi connectivity index (χ2v) is 7.24. The smallest absolute Gasteiger partial charge is 0.262 e. The van der Waals surface area contributed by atoms with Gasteiger partial charge in [0.25, 0.3) is 10.0 Å². The number of hydrogen-bond donors (Lipinski definition) is 1. The number of aryl methyl sites for hydroxylation is 1. The van der Waals surface area contributed by atoms with E-state index in [0.717, 1.165) is 10.0 Å². The molecule has 21 heavy (non-hydrogen) atoms. The molecule has 1 N–H and O–H groups in total. The highest BCUT2D eigenvalue weighted by Crippen LogP contribution is 2.34. The van der Waals surface area contributed by atoms with Crippen molar-refractivity contribution < 1.29 is 17.9 Å². The highest BCUT2D eigenvalue weighted by Gasteiger charge is 2.20. The van der Waals surface area contributed by atoms with E-state index in [1.54, 1.807) is 18.2 Å². The lowest BCUT2D eigenvalue weighted by molar-refractivity contribution is 0.174. The van der Waals surface area contributed by atoms with Crippen molar-refractivity contribution in [1.82, 2.24) is 0 Å². The molecule has 2 aromatic rings. The van der Waals surface area contributed by atoms with Crippen LogP contribution in [0.2, 0.25) is 0 Å². The molecule has 0 aromatic heterocycles. The van der Waals surface area contributed by atoms with Crippen molar-refractivity contribution in [1.29, 1.82) is 0 Å². The second-order valence-electron chi connectivity index (χ2n) is 4.64. The SMILES string of the molecule is Cc1cc(Br)cc(NS(=O)(=O)c2ccc3c(c2)OCO3)c1. The number of hydrogen-bond acceptors (Lipinski definition) is 4. The Morgan fingerprint density at radius 1 is 1.10 bits per heavy atom. The fourth-order valence-corrected chi connectivity index (χ4v) is 3.72. The topological polar surface area (TPSA) is 64.6 Å². The molecule has 110 valence electrons. The van der Waals surface area contributed by atoms with Crippen LogP contribution in [0.3, 0.4) is 0 Å². The van der Waals surface area contributed by atoms with Gasteiger partial charge in [0.1, 0.15) is 0 Å². The molecule has 0 saturated carbocycles. The Balaban J connectivity index is 1.93. The van der Waals surface area contributed by atoms with Gasteiger partial charge in [0, 0.05) is 10.5 Å². The van der Waals surface area contributed by atoms with E-state index >= 15 is 0 Å². The Hall–Kier alpha value is -1.73. The Bertz CT molecular complexity index is 784. The summed E-state index contributed by atoms with van der Waals surface area (Å²) in [7, 11) is -3.67. The molecule has 5 nitrogen and oxygen atoms in total. The van der Waals surface area contributed by atoms with Gasteiger partial charge < -0.3 is 9.47 Å². The van der Waals surface area contributed by atoms with E-state index in [4.69, 9.17) is 9.47 Å². The van der Waals surface area contributed by atoms with Gasteiger partial charge >= 0.3 is 0 Å². The predicted molar refractivity (Wildman–Crippen MR) is 82.3 cm³/mol. The van der Waals surface area contributed by atoms with Gasteiger partial charge in [-0.25, -0.2) is 8.42 Å². The number of sulfonamides is 1. The van der Waals surface area contributed by atoms with Crippen molar-refractivity contribution in [3.05, 3.63) is 46.4 Å². The van der Waals surface area contributed by atoms with Gasteiger partial charge in [-0.15, -0.1) is 0 Å². The van der Waals surface area contributed by atoms with E-state index in [1.165, 1.54) is 12.1 Å². The third kappa shape index (κ3) is 2.98. The quantitative estimate of drug-likeness (QED) is 0.901. The molecule has 0 amide bonds. The van der Waals surface area contributed by atoms with Crippen LogP contribution in [0.4, 0.5) is 5.69 Å². The van der Waals surface area contributed by atoms with Gasteiger partial charge in [-0.1, -0.05) is 15.9 Å². The molecule has 3 rings (SSSR count). The van der Waals surface area contributed by atoms with E-state index < -0.39 is 10.0 Å². The number of nitrogens with one attached hydrogen (secondary N) is 1. The molecular weight excluding hydrogens is 358 g/mol. The largest absolute Gasteiger partial charge is 0.454 e. The summed E-state index contributed by atoms with van der Waals surface area (Å²) in [5.74, 6) is 0.982.